The number of nitrogens with one attached hydrogen (secondary N) is 1. The van der Waals surface area contributed by atoms with E-state index in [1.165, 1.54) is 4.90 Å². The van der Waals surface area contributed by atoms with Crippen molar-refractivity contribution in [2.24, 2.45) is 0 Å². The SMILES string of the molecule is CCOC(=O)N1CC[NH+](Cc2nc(-c3ccc(OC)cc3)no2)CC1. The minimum Gasteiger partial charge on any atom is -0.497 e. The van der Waals surface area contributed by atoms with E-state index in [0.717, 1.165) is 24.4 Å². The summed E-state index contributed by atoms with van der Waals surface area (Å²) in [6.45, 7) is 5.89. The van der Waals surface area contributed by atoms with Gasteiger partial charge in [-0.25, -0.2) is 4.79 Å². The van der Waals surface area contributed by atoms with Crippen LogP contribution in [0, 0.1) is 0 Å². The van der Waals surface area contributed by atoms with Crippen molar-refractivity contribution in [2.75, 3.05) is 39.9 Å². The average Bonchev–Trinajstić information content (AvgIpc) is 3.11. The molecule has 1 aliphatic heterocycles. The summed E-state index contributed by atoms with van der Waals surface area (Å²) in [4.78, 5) is 19.2. The van der Waals surface area contributed by atoms with Crippen molar-refractivity contribution in [1.29, 1.82) is 0 Å². The Morgan fingerprint density at radius 3 is 2.64 bits per heavy atom. The van der Waals surface area contributed by atoms with Crippen LogP contribution in [0.1, 0.15) is 12.8 Å². The normalized spacial score (nSPS) is 15.2. The van der Waals surface area contributed by atoms with Gasteiger partial charge < -0.3 is 18.9 Å². The number of quaternary nitrogens is 1. The summed E-state index contributed by atoms with van der Waals surface area (Å²) in [5.41, 5.74) is 0.887. The molecule has 1 N–H and O–H groups in total. The fourth-order valence-electron chi connectivity index (χ4n) is 2.79. The van der Waals surface area contributed by atoms with E-state index in [1.54, 1.807) is 12.0 Å². The van der Waals surface area contributed by atoms with E-state index in [1.807, 2.05) is 31.2 Å². The first-order chi connectivity index (χ1) is 12.2. The Morgan fingerprint density at radius 2 is 2.00 bits per heavy atom. The molecule has 1 saturated heterocycles. The molecule has 8 nitrogen and oxygen atoms in total. The lowest BCUT2D eigenvalue weighted by atomic mass is 10.2. The molecule has 1 amide bonds. The second-order valence-corrected chi connectivity index (χ2v) is 5.85. The predicted molar refractivity (Wildman–Crippen MR) is 89.3 cm³/mol. The molecule has 0 saturated carbocycles. The van der Waals surface area contributed by atoms with E-state index in [9.17, 15) is 4.79 Å². The number of ether oxygens (including phenoxy) is 2. The van der Waals surface area contributed by atoms with E-state index >= 15 is 0 Å². The highest BCUT2D eigenvalue weighted by molar-refractivity contribution is 5.67. The van der Waals surface area contributed by atoms with Crippen molar-refractivity contribution in [3.05, 3.63) is 30.2 Å². The molecule has 8 heteroatoms. The van der Waals surface area contributed by atoms with Gasteiger partial charge in [-0.3, -0.25) is 4.90 Å². The third-order valence-corrected chi connectivity index (χ3v) is 4.21. The van der Waals surface area contributed by atoms with Gasteiger partial charge in [0.05, 0.1) is 39.9 Å². The number of hydrogen-bond acceptors (Lipinski definition) is 6. The third-order valence-electron chi connectivity index (χ3n) is 4.21. The standard InChI is InChI=1S/C17H22N4O4/c1-3-24-17(22)21-10-8-20(9-11-21)12-15-18-16(19-25-15)13-4-6-14(23-2)7-5-13/h4-7H,3,8-12H2,1-2H3/p+1. The number of aromatic nitrogens is 2. The van der Waals surface area contributed by atoms with Gasteiger partial charge in [-0.2, -0.15) is 4.98 Å². The van der Waals surface area contributed by atoms with Gasteiger partial charge in [0, 0.05) is 5.56 Å². The monoisotopic (exact) mass is 347 g/mol. The molecule has 1 fully saturated rings. The third kappa shape index (κ3) is 4.27. The summed E-state index contributed by atoms with van der Waals surface area (Å²) in [7, 11) is 1.63. The van der Waals surface area contributed by atoms with Gasteiger partial charge in [0.1, 0.15) is 5.75 Å². The highest BCUT2D eigenvalue weighted by Gasteiger charge is 2.26. The summed E-state index contributed by atoms with van der Waals surface area (Å²) in [5, 5.41) is 4.05. The van der Waals surface area contributed by atoms with Crippen LogP contribution in [0.25, 0.3) is 11.4 Å². The Morgan fingerprint density at radius 1 is 1.28 bits per heavy atom. The molecule has 3 rings (SSSR count). The van der Waals surface area contributed by atoms with Crippen LogP contribution in [0.4, 0.5) is 4.79 Å². The molecule has 1 aliphatic rings. The number of amides is 1. The number of methoxy groups -OCH3 is 1. The molecule has 0 atom stereocenters. The molecule has 2 heterocycles. The van der Waals surface area contributed by atoms with E-state index < -0.39 is 0 Å². The maximum absolute atomic E-state index is 11.7. The van der Waals surface area contributed by atoms with Crippen molar-refractivity contribution in [1.82, 2.24) is 15.0 Å². The van der Waals surface area contributed by atoms with Crippen molar-refractivity contribution in [2.45, 2.75) is 13.5 Å². The Balaban J connectivity index is 1.54. The van der Waals surface area contributed by atoms with Gasteiger partial charge in [-0.05, 0) is 31.2 Å². The first-order valence-corrected chi connectivity index (χ1v) is 8.42. The minimum absolute atomic E-state index is 0.235. The Labute approximate surface area is 146 Å². The summed E-state index contributed by atoms with van der Waals surface area (Å²) >= 11 is 0. The minimum atomic E-state index is -0.235. The van der Waals surface area contributed by atoms with Crippen molar-refractivity contribution in [3.63, 3.8) is 0 Å². The Kier molecular flexibility index (Phi) is 5.49. The molecular weight excluding hydrogens is 324 g/mol. The lowest BCUT2D eigenvalue weighted by Crippen LogP contribution is -3.13. The maximum atomic E-state index is 11.7. The van der Waals surface area contributed by atoms with E-state index in [0.29, 0.717) is 38.0 Å². The molecule has 0 bridgehead atoms. The Bertz CT molecular complexity index is 693. The van der Waals surface area contributed by atoms with E-state index in [-0.39, 0.29) is 6.09 Å². The smallest absolute Gasteiger partial charge is 0.410 e. The lowest BCUT2D eigenvalue weighted by molar-refractivity contribution is -0.919. The van der Waals surface area contributed by atoms with Crippen LogP contribution in [0.3, 0.4) is 0 Å². The molecule has 1 aromatic heterocycles. The molecule has 0 radical (unpaired) electrons. The van der Waals surface area contributed by atoms with Crippen LogP contribution in [-0.4, -0.2) is 61.0 Å². The quantitative estimate of drug-likeness (QED) is 0.853. The number of benzene rings is 1. The largest absolute Gasteiger partial charge is 0.497 e. The maximum Gasteiger partial charge on any atom is 0.410 e. The van der Waals surface area contributed by atoms with Gasteiger partial charge in [-0.15, -0.1) is 0 Å². The molecule has 0 unspecified atom stereocenters. The molecule has 0 aliphatic carbocycles. The van der Waals surface area contributed by atoms with Crippen LogP contribution < -0.4 is 9.64 Å². The molecule has 1 aromatic carbocycles. The number of carbonyl (C=O) groups excluding carboxylic acids is 1. The van der Waals surface area contributed by atoms with Crippen molar-refractivity contribution < 1.29 is 23.7 Å². The predicted octanol–water partition coefficient (Wildman–Crippen LogP) is 0.602. The van der Waals surface area contributed by atoms with Crippen LogP contribution in [0.5, 0.6) is 5.75 Å². The van der Waals surface area contributed by atoms with Gasteiger partial charge in [0.15, 0.2) is 6.54 Å². The average molecular weight is 347 g/mol. The summed E-state index contributed by atoms with van der Waals surface area (Å²) in [6, 6.07) is 7.54. The number of piperazine rings is 1. The number of carbonyl (C=O) groups is 1. The highest BCUT2D eigenvalue weighted by atomic mass is 16.6. The van der Waals surface area contributed by atoms with Gasteiger partial charge in [0.2, 0.25) is 5.82 Å². The number of nitrogens with zero attached hydrogens (tertiary/aromatic N) is 3. The van der Waals surface area contributed by atoms with Crippen LogP contribution in [-0.2, 0) is 11.3 Å². The summed E-state index contributed by atoms with van der Waals surface area (Å²) in [6.07, 6.45) is -0.235. The Hall–Kier alpha value is -2.61. The second kappa shape index (κ2) is 7.98. The first-order valence-electron chi connectivity index (χ1n) is 8.42. The fraction of sp³-hybridized carbons (Fsp3) is 0.471. The zero-order valence-corrected chi connectivity index (χ0v) is 14.5. The van der Waals surface area contributed by atoms with E-state index in [4.69, 9.17) is 14.0 Å². The number of rotatable bonds is 5. The van der Waals surface area contributed by atoms with Gasteiger partial charge >= 0.3 is 6.09 Å². The molecule has 134 valence electrons. The van der Waals surface area contributed by atoms with Crippen LogP contribution in [0.2, 0.25) is 0 Å². The van der Waals surface area contributed by atoms with E-state index in [2.05, 4.69) is 10.1 Å². The molecule has 25 heavy (non-hydrogen) atoms. The summed E-state index contributed by atoms with van der Waals surface area (Å²) in [5.74, 6) is 1.96. The van der Waals surface area contributed by atoms with Gasteiger partial charge in [-0.1, -0.05) is 5.16 Å². The molecule has 2 aromatic rings. The number of hydrogen-bond donors (Lipinski definition) is 1. The zero-order valence-electron chi connectivity index (χ0n) is 14.5. The first kappa shape index (κ1) is 17.2. The second-order valence-electron chi connectivity index (χ2n) is 5.85. The van der Waals surface area contributed by atoms with Crippen LogP contribution in [0.15, 0.2) is 28.8 Å². The lowest BCUT2D eigenvalue weighted by Gasteiger charge is -2.30. The molecular formula is C17H23N4O4+. The van der Waals surface area contributed by atoms with Gasteiger partial charge in [0.25, 0.3) is 5.89 Å². The topological polar surface area (TPSA) is 82.1 Å². The summed E-state index contributed by atoms with van der Waals surface area (Å²) < 4.78 is 15.6. The van der Waals surface area contributed by atoms with Crippen LogP contribution >= 0.6 is 0 Å². The highest BCUT2D eigenvalue weighted by Crippen LogP contribution is 2.19. The van der Waals surface area contributed by atoms with Crippen molar-refractivity contribution in [3.8, 4) is 17.1 Å². The fourth-order valence-corrected chi connectivity index (χ4v) is 2.79. The van der Waals surface area contributed by atoms with Crippen molar-refractivity contribution >= 4 is 6.09 Å². The zero-order chi connectivity index (χ0) is 17.6. The molecule has 0 spiro atoms.